The molecule has 1 saturated heterocycles. The Balaban J connectivity index is 1.52. The van der Waals surface area contributed by atoms with E-state index in [0.29, 0.717) is 18.7 Å². The molecule has 3 aliphatic rings. The molecule has 0 spiro atoms. The van der Waals surface area contributed by atoms with E-state index in [2.05, 4.69) is 15.5 Å². The van der Waals surface area contributed by atoms with Crippen LogP contribution in [0, 0.1) is 0 Å². The monoisotopic (exact) mass is 326 g/mol. The van der Waals surface area contributed by atoms with Gasteiger partial charge in [0.05, 0.1) is 23.9 Å². The third-order valence-electron chi connectivity index (χ3n) is 5.04. The van der Waals surface area contributed by atoms with Crippen LogP contribution in [0.5, 0.6) is 0 Å². The summed E-state index contributed by atoms with van der Waals surface area (Å²) in [7, 11) is 0. The van der Waals surface area contributed by atoms with E-state index in [1.54, 1.807) is 0 Å². The van der Waals surface area contributed by atoms with Gasteiger partial charge in [0.25, 0.3) is 5.91 Å². The van der Waals surface area contributed by atoms with E-state index in [0.717, 1.165) is 30.9 Å². The van der Waals surface area contributed by atoms with Crippen LogP contribution in [0.2, 0.25) is 0 Å². The Kier molecular flexibility index (Phi) is 3.98. The fourth-order valence-electron chi connectivity index (χ4n) is 3.77. The maximum absolute atomic E-state index is 12.9. The van der Waals surface area contributed by atoms with Crippen molar-refractivity contribution in [2.45, 2.75) is 18.9 Å². The van der Waals surface area contributed by atoms with Gasteiger partial charge in [-0.15, -0.1) is 0 Å². The molecule has 4 rings (SSSR count). The van der Waals surface area contributed by atoms with Gasteiger partial charge in [-0.1, -0.05) is 30.3 Å². The standard InChI is InChI=1S/C18H22N4O2/c23-17-15-14(12-22(17)11-10-21-8-4-5-9-21)19-18(24)20-16(15)13-6-2-1-3-7-13/h1-3,6-7,16H,4-5,8-12H2,(H2,19,20,24). The molecule has 1 atom stereocenters. The molecule has 1 aromatic rings. The SMILES string of the molecule is O=C1NC2=C(C(=O)N(CCN3CCCC3)C2)C(c2ccccc2)N1. The van der Waals surface area contributed by atoms with Gasteiger partial charge in [0.1, 0.15) is 0 Å². The minimum absolute atomic E-state index is 0.0329. The molecule has 6 heteroatoms. The molecule has 1 fully saturated rings. The van der Waals surface area contributed by atoms with Crippen LogP contribution in [0.15, 0.2) is 41.6 Å². The van der Waals surface area contributed by atoms with Crippen LogP contribution in [-0.2, 0) is 4.79 Å². The van der Waals surface area contributed by atoms with Crippen LogP contribution >= 0.6 is 0 Å². The van der Waals surface area contributed by atoms with Gasteiger partial charge in [-0.2, -0.15) is 0 Å². The molecule has 0 aliphatic carbocycles. The average Bonchev–Trinajstić information content (AvgIpc) is 3.21. The lowest BCUT2D eigenvalue weighted by Crippen LogP contribution is -2.44. The van der Waals surface area contributed by atoms with Gasteiger partial charge < -0.3 is 20.4 Å². The maximum Gasteiger partial charge on any atom is 0.319 e. The van der Waals surface area contributed by atoms with E-state index in [9.17, 15) is 9.59 Å². The number of benzene rings is 1. The topological polar surface area (TPSA) is 64.7 Å². The van der Waals surface area contributed by atoms with Gasteiger partial charge in [-0.3, -0.25) is 4.79 Å². The Hall–Kier alpha value is -2.34. The fraction of sp³-hybridized carbons (Fsp3) is 0.444. The van der Waals surface area contributed by atoms with Crippen LogP contribution in [0.25, 0.3) is 0 Å². The van der Waals surface area contributed by atoms with Crippen molar-refractivity contribution in [2.24, 2.45) is 0 Å². The van der Waals surface area contributed by atoms with Crippen molar-refractivity contribution >= 4 is 11.9 Å². The number of carbonyl (C=O) groups is 2. The summed E-state index contributed by atoms with van der Waals surface area (Å²) >= 11 is 0. The van der Waals surface area contributed by atoms with Crippen molar-refractivity contribution in [3.05, 3.63) is 47.2 Å². The molecular weight excluding hydrogens is 304 g/mol. The molecule has 3 amide bonds. The second-order valence-corrected chi connectivity index (χ2v) is 6.61. The number of carbonyl (C=O) groups excluding carboxylic acids is 2. The van der Waals surface area contributed by atoms with Gasteiger partial charge in [0, 0.05) is 13.1 Å². The summed E-state index contributed by atoms with van der Waals surface area (Å²) in [5.74, 6) is 0.0329. The summed E-state index contributed by atoms with van der Waals surface area (Å²) in [5, 5.41) is 5.71. The molecular formula is C18H22N4O2. The molecule has 0 saturated carbocycles. The van der Waals surface area contributed by atoms with Crippen molar-refractivity contribution in [3.63, 3.8) is 0 Å². The number of hydrogen-bond acceptors (Lipinski definition) is 3. The Bertz CT molecular complexity index is 680. The van der Waals surface area contributed by atoms with Crippen molar-refractivity contribution < 1.29 is 9.59 Å². The highest BCUT2D eigenvalue weighted by molar-refractivity contribution is 6.01. The van der Waals surface area contributed by atoms with E-state index in [1.165, 1.54) is 12.8 Å². The molecule has 3 heterocycles. The Morgan fingerprint density at radius 1 is 1.04 bits per heavy atom. The zero-order valence-corrected chi connectivity index (χ0v) is 13.6. The summed E-state index contributed by atoms with van der Waals surface area (Å²) < 4.78 is 0. The number of amides is 3. The molecule has 126 valence electrons. The first-order valence-electron chi connectivity index (χ1n) is 8.59. The zero-order valence-electron chi connectivity index (χ0n) is 13.6. The molecule has 24 heavy (non-hydrogen) atoms. The van der Waals surface area contributed by atoms with Crippen LogP contribution in [0.3, 0.4) is 0 Å². The second kappa shape index (κ2) is 6.28. The molecule has 3 aliphatic heterocycles. The summed E-state index contributed by atoms with van der Waals surface area (Å²) in [6, 6.07) is 9.07. The molecule has 2 N–H and O–H groups in total. The summed E-state index contributed by atoms with van der Waals surface area (Å²) in [4.78, 5) is 29.1. The highest BCUT2D eigenvalue weighted by Gasteiger charge is 2.40. The first-order chi connectivity index (χ1) is 11.7. The fourth-order valence-corrected chi connectivity index (χ4v) is 3.77. The average molecular weight is 326 g/mol. The predicted octanol–water partition coefficient (Wildman–Crippen LogP) is 1.23. The highest BCUT2D eigenvalue weighted by Crippen LogP contribution is 2.32. The van der Waals surface area contributed by atoms with Crippen molar-refractivity contribution in [1.29, 1.82) is 0 Å². The number of urea groups is 1. The van der Waals surface area contributed by atoms with Gasteiger partial charge in [-0.25, -0.2) is 4.79 Å². The van der Waals surface area contributed by atoms with Gasteiger partial charge in [0.2, 0.25) is 0 Å². The van der Waals surface area contributed by atoms with Gasteiger partial charge in [0.15, 0.2) is 0 Å². The largest absolute Gasteiger partial charge is 0.332 e. The quantitative estimate of drug-likeness (QED) is 0.875. The van der Waals surface area contributed by atoms with E-state index in [-0.39, 0.29) is 18.0 Å². The highest BCUT2D eigenvalue weighted by atomic mass is 16.2. The minimum atomic E-state index is -0.362. The van der Waals surface area contributed by atoms with Crippen LogP contribution in [0.1, 0.15) is 24.4 Å². The number of nitrogens with zero attached hydrogens (tertiary/aromatic N) is 2. The van der Waals surface area contributed by atoms with Gasteiger partial charge in [-0.05, 0) is 31.5 Å². The molecule has 0 bridgehead atoms. The third-order valence-corrected chi connectivity index (χ3v) is 5.04. The van der Waals surface area contributed by atoms with Crippen LogP contribution in [0.4, 0.5) is 4.79 Å². The molecule has 0 aromatic heterocycles. The lowest BCUT2D eigenvalue weighted by atomic mass is 9.96. The Labute approximate surface area is 141 Å². The number of nitrogens with one attached hydrogen (secondary N) is 2. The van der Waals surface area contributed by atoms with Crippen molar-refractivity contribution in [3.8, 4) is 0 Å². The van der Waals surface area contributed by atoms with Gasteiger partial charge >= 0.3 is 6.03 Å². The lowest BCUT2D eigenvalue weighted by molar-refractivity contribution is -0.125. The third kappa shape index (κ3) is 2.78. The number of likely N-dealkylation sites (tertiary alicyclic amines) is 1. The van der Waals surface area contributed by atoms with E-state index in [4.69, 9.17) is 0 Å². The van der Waals surface area contributed by atoms with Crippen LogP contribution in [-0.4, -0.2) is 54.5 Å². The van der Waals surface area contributed by atoms with Crippen molar-refractivity contribution in [2.75, 3.05) is 32.7 Å². The summed E-state index contributed by atoms with van der Waals surface area (Å²) in [5.41, 5.74) is 2.37. The predicted molar refractivity (Wildman–Crippen MR) is 90.1 cm³/mol. The lowest BCUT2D eigenvalue weighted by Gasteiger charge is -2.25. The maximum atomic E-state index is 12.9. The van der Waals surface area contributed by atoms with Crippen molar-refractivity contribution in [1.82, 2.24) is 20.4 Å². The molecule has 1 aromatic carbocycles. The molecule has 6 nitrogen and oxygen atoms in total. The molecule has 0 radical (unpaired) electrons. The van der Waals surface area contributed by atoms with E-state index in [1.807, 2.05) is 35.2 Å². The Morgan fingerprint density at radius 3 is 2.54 bits per heavy atom. The smallest absolute Gasteiger partial charge is 0.319 e. The first kappa shape index (κ1) is 15.2. The number of rotatable bonds is 4. The minimum Gasteiger partial charge on any atom is -0.332 e. The van der Waals surface area contributed by atoms with E-state index < -0.39 is 0 Å². The first-order valence-corrected chi connectivity index (χ1v) is 8.59. The molecule has 1 unspecified atom stereocenters. The zero-order chi connectivity index (χ0) is 16.5. The van der Waals surface area contributed by atoms with Crippen LogP contribution < -0.4 is 10.6 Å². The summed E-state index contributed by atoms with van der Waals surface area (Å²) in [6.45, 7) is 4.37. The number of hydrogen-bond donors (Lipinski definition) is 2. The summed E-state index contributed by atoms with van der Waals surface area (Å²) in [6.07, 6.45) is 2.50. The second-order valence-electron chi connectivity index (χ2n) is 6.61. The normalized spacial score (nSPS) is 24.2. The Morgan fingerprint density at radius 2 is 1.79 bits per heavy atom. The van der Waals surface area contributed by atoms with E-state index >= 15 is 0 Å².